The van der Waals surface area contributed by atoms with Crippen LogP contribution in [0, 0.1) is 0 Å². The van der Waals surface area contributed by atoms with E-state index in [1.807, 2.05) is 0 Å². The summed E-state index contributed by atoms with van der Waals surface area (Å²) in [7, 11) is 0. The Morgan fingerprint density at radius 2 is 2.06 bits per heavy atom. The molecule has 0 radical (unpaired) electrons. The largest absolute Gasteiger partial charge is 0.399 e. The highest BCUT2D eigenvalue weighted by atomic mass is 16.2. The van der Waals surface area contributed by atoms with Gasteiger partial charge in [0.05, 0.1) is 0 Å². The van der Waals surface area contributed by atoms with Crippen LogP contribution in [0.5, 0.6) is 0 Å². The van der Waals surface area contributed by atoms with Crippen LogP contribution in [0.3, 0.4) is 0 Å². The Morgan fingerprint density at radius 1 is 1.35 bits per heavy atom. The Labute approximate surface area is 101 Å². The van der Waals surface area contributed by atoms with Crippen molar-refractivity contribution in [3.8, 4) is 0 Å². The number of rotatable bonds is 1. The predicted octanol–water partition coefficient (Wildman–Crippen LogP) is 1.22. The standard InChI is InChI=1S/C12H18N4O/c13-9-3-5-11(6-4-9)15-12(17)16-7-1-2-10(14)8-16/h3-6,10H,1-2,7-8,13-14H2,(H,15,17). The highest BCUT2D eigenvalue weighted by Gasteiger charge is 2.20. The number of hydrogen-bond acceptors (Lipinski definition) is 3. The van der Waals surface area contributed by atoms with Crippen LogP contribution in [-0.2, 0) is 0 Å². The van der Waals surface area contributed by atoms with Crippen molar-refractivity contribution in [2.45, 2.75) is 18.9 Å². The van der Waals surface area contributed by atoms with Crippen molar-refractivity contribution in [3.63, 3.8) is 0 Å². The second-order valence-corrected chi connectivity index (χ2v) is 4.40. The minimum absolute atomic E-state index is 0.0927. The summed E-state index contributed by atoms with van der Waals surface area (Å²) in [6.45, 7) is 1.40. The molecule has 1 fully saturated rings. The van der Waals surface area contributed by atoms with Crippen LogP contribution in [0.15, 0.2) is 24.3 Å². The number of benzene rings is 1. The molecule has 0 aromatic heterocycles. The highest BCUT2D eigenvalue weighted by Crippen LogP contribution is 2.13. The molecule has 2 rings (SSSR count). The van der Waals surface area contributed by atoms with E-state index in [-0.39, 0.29) is 12.1 Å². The van der Waals surface area contributed by atoms with E-state index < -0.39 is 0 Å². The third-order valence-electron chi connectivity index (χ3n) is 2.91. The van der Waals surface area contributed by atoms with E-state index in [0.717, 1.165) is 25.1 Å². The van der Waals surface area contributed by atoms with E-state index in [2.05, 4.69) is 5.32 Å². The molecular weight excluding hydrogens is 216 g/mol. The van der Waals surface area contributed by atoms with Crippen molar-refractivity contribution in [2.75, 3.05) is 24.1 Å². The van der Waals surface area contributed by atoms with E-state index >= 15 is 0 Å². The van der Waals surface area contributed by atoms with Crippen molar-refractivity contribution in [1.29, 1.82) is 0 Å². The highest BCUT2D eigenvalue weighted by molar-refractivity contribution is 5.89. The third kappa shape index (κ3) is 3.10. The van der Waals surface area contributed by atoms with Gasteiger partial charge in [-0.25, -0.2) is 4.79 Å². The second-order valence-electron chi connectivity index (χ2n) is 4.40. The predicted molar refractivity (Wildman–Crippen MR) is 68.7 cm³/mol. The topological polar surface area (TPSA) is 84.4 Å². The molecule has 1 aliphatic rings. The van der Waals surface area contributed by atoms with Gasteiger partial charge in [0, 0.05) is 30.5 Å². The number of likely N-dealkylation sites (tertiary alicyclic amines) is 1. The number of nitrogen functional groups attached to an aromatic ring is 1. The molecule has 1 aliphatic heterocycles. The van der Waals surface area contributed by atoms with Gasteiger partial charge in [0.25, 0.3) is 0 Å². The molecule has 0 aliphatic carbocycles. The number of anilines is 2. The van der Waals surface area contributed by atoms with Crippen LogP contribution in [0.4, 0.5) is 16.2 Å². The number of carbonyl (C=O) groups is 1. The van der Waals surface area contributed by atoms with Gasteiger partial charge in [-0.2, -0.15) is 0 Å². The quantitative estimate of drug-likeness (QED) is 0.639. The van der Waals surface area contributed by atoms with Gasteiger partial charge in [-0.1, -0.05) is 0 Å². The average molecular weight is 234 g/mol. The van der Waals surface area contributed by atoms with Crippen molar-refractivity contribution in [2.24, 2.45) is 5.73 Å². The molecule has 1 unspecified atom stereocenters. The summed E-state index contributed by atoms with van der Waals surface area (Å²) in [5, 5.41) is 2.84. The maximum Gasteiger partial charge on any atom is 0.321 e. The molecule has 17 heavy (non-hydrogen) atoms. The van der Waals surface area contributed by atoms with Gasteiger partial charge in [-0.05, 0) is 37.1 Å². The van der Waals surface area contributed by atoms with Gasteiger partial charge in [0.2, 0.25) is 0 Å². The maximum atomic E-state index is 11.9. The van der Waals surface area contributed by atoms with Gasteiger partial charge < -0.3 is 21.7 Å². The first-order valence-electron chi connectivity index (χ1n) is 5.82. The second kappa shape index (κ2) is 5.05. The molecule has 5 N–H and O–H groups in total. The molecule has 1 heterocycles. The summed E-state index contributed by atoms with van der Waals surface area (Å²) in [6, 6.07) is 7.11. The van der Waals surface area contributed by atoms with Crippen LogP contribution < -0.4 is 16.8 Å². The minimum atomic E-state index is -0.0927. The monoisotopic (exact) mass is 234 g/mol. The van der Waals surface area contributed by atoms with Gasteiger partial charge in [-0.3, -0.25) is 0 Å². The van der Waals surface area contributed by atoms with Crippen molar-refractivity contribution in [1.82, 2.24) is 4.90 Å². The molecule has 92 valence electrons. The SMILES string of the molecule is Nc1ccc(NC(=O)N2CCCC(N)C2)cc1. The fraction of sp³-hybridized carbons (Fsp3) is 0.417. The number of hydrogen-bond donors (Lipinski definition) is 3. The Bertz CT molecular complexity index is 390. The maximum absolute atomic E-state index is 11.9. The normalized spacial score (nSPS) is 20.1. The van der Waals surface area contributed by atoms with Crippen molar-refractivity contribution < 1.29 is 4.79 Å². The number of urea groups is 1. The van der Waals surface area contributed by atoms with Crippen molar-refractivity contribution >= 4 is 17.4 Å². The molecule has 5 heteroatoms. The van der Waals surface area contributed by atoms with Crippen LogP contribution in [0.2, 0.25) is 0 Å². The summed E-state index contributed by atoms with van der Waals surface area (Å²) >= 11 is 0. The Balaban J connectivity index is 1.94. The van der Waals surface area contributed by atoms with E-state index in [9.17, 15) is 4.79 Å². The third-order valence-corrected chi connectivity index (χ3v) is 2.91. The van der Waals surface area contributed by atoms with Crippen molar-refractivity contribution in [3.05, 3.63) is 24.3 Å². The number of nitrogens with one attached hydrogen (secondary N) is 1. The molecule has 1 aromatic rings. The van der Waals surface area contributed by atoms with E-state index in [1.54, 1.807) is 29.2 Å². The van der Waals surface area contributed by atoms with E-state index in [0.29, 0.717) is 12.2 Å². The zero-order valence-corrected chi connectivity index (χ0v) is 9.73. The molecule has 0 spiro atoms. The van der Waals surface area contributed by atoms with E-state index in [1.165, 1.54) is 0 Å². The van der Waals surface area contributed by atoms with Crippen LogP contribution in [-0.4, -0.2) is 30.1 Å². The van der Waals surface area contributed by atoms with Gasteiger partial charge in [0.15, 0.2) is 0 Å². The van der Waals surface area contributed by atoms with Gasteiger partial charge in [0.1, 0.15) is 0 Å². The summed E-state index contributed by atoms with van der Waals surface area (Å²) in [5.74, 6) is 0. The lowest BCUT2D eigenvalue weighted by molar-refractivity contribution is 0.193. The average Bonchev–Trinajstić information content (AvgIpc) is 2.32. The fourth-order valence-corrected chi connectivity index (χ4v) is 1.96. The zero-order chi connectivity index (χ0) is 12.3. The number of amides is 2. The molecule has 2 amide bonds. The van der Waals surface area contributed by atoms with Gasteiger partial charge in [-0.15, -0.1) is 0 Å². The summed E-state index contributed by atoms with van der Waals surface area (Å²) < 4.78 is 0. The Hall–Kier alpha value is -1.75. The zero-order valence-electron chi connectivity index (χ0n) is 9.73. The molecule has 0 saturated carbocycles. The van der Waals surface area contributed by atoms with E-state index in [4.69, 9.17) is 11.5 Å². The lowest BCUT2D eigenvalue weighted by Crippen LogP contribution is -2.47. The number of piperidine rings is 1. The summed E-state index contributed by atoms with van der Waals surface area (Å²) in [4.78, 5) is 13.7. The minimum Gasteiger partial charge on any atom is -0.399 e. The van der Waals surface area contributed by atoms with Crippen LogP contribution in [0.25, 0.3) is 0 Å². The molecule has 0 bridgehead atoms. The molecule has 1 saturated heterocycles. The summed E-state index contributed by atoms with van der Waals surface area (Å²) in [5.41, 5.74) is 12.9. The van der Waals surface area contributed by atoms with Crippen LogP contribution in [0.1, 0.15) is 12.8 Å². The van der Waals surface area contributed by atoms with Crippen LogP contribution >= 0.6 is 0 Å². The first-order chi connectivity index (χ1) is 8.15. The number of nitrogens with zero attached hydrogens (tertiary/aromatic N) is 1. The van der Waals surface area contributed by atoms with Gasteiger partial charge >= 0.3 is 6.03 Å². The molecule has 5 nitrogen and oxygen atoms in total. The lowest BCUT2D eigenvalue weighted by atomic mass is 10.1. The smallest absolute Gasteiger partial charge is 0.321 e. The fourth-order valence-electron chi connectivity index (χ4n) is 1.96. The summed E-state index contributed by atoms with van der Waals surface area (Å²) in [6.07, 6.45) is 1.96. The molecule has 1 aromatic carbocycles. The molecule has 1 atom stereocenters. The Morgan fingerprint density at radius 3 is 2.71 bits per heavy atom. The number of carbonyl (C=O) groups excluding carboxylic acids is 1. The molecular formula is C12H18N4O. The number of nitrogens with two attached hydrogens (primary N) is 2. The lowest BCUT2D eigenvalue weighted by Gasteiger charge is -2.30. The first kappa shape index (κ1) is 11.7. The first-order valence-corrected chi connectivity index (χ1v) is 5.82. The Kier molecular flexibility index (Phi) is 3.49.